The lowest BCUT2D eigenvalue weighted by Crippen LogP contribution is -2.55. The normalized spacial score (nSPS) is 19.3. The summed E-state index contributed by atoms with van der Waals surface area (Å²) in [4.78, 5) is 15.8. The Labute approximate surface area is 149 Å². The highest BCUT2D eigenvalue weighted by atomic mass is 32.2. The van der Waals surface area contributed by atoms with Crippen LogP contribution >= 0.6 is 0 Å². The summed E-state index contributed by atoms with van der Waals surface area (Å²) in [6.07, 6.45) is 0.245. The molecule has 138 valence electrons. The maximum absolute atomic E-state index is 12.7. The molecule has 2 aliphatic rings. The van der Waals surface area contributed by atoms with Gasteiger partial charge in [0, 0.05) is 37.9 Å². The first-order valence-electron chi connectivity index (χ1n) is 8.43. The van der Waals surface area contributed by atoms with Crippen LogP contribution in [0.15, 0.2) is 23.1 Å². The van der Waals surface area contributed by atoms with Crippen LogP contribution in [0.4, 0.5) is 5.69 Å². The number of carbonyl (C=O) groups excluding carboxylic acids is 1. The van der Waals surface area contributed by atoms with Gasteiger partial charge in [0.25, 0.3) is 0 Å². The molecule has 25 heavy (non-hydrogen) atoms. The van der Waals surface area contributed by atoms with Crippen molar-refractivity contribution in [3.63, 3.8) is 0 Å². The molecular weight excluding hydrogens is 342 g/mol. The van der Waals surface area contributed by atoms with Gasteiger partial charge in [-0.3, -0.25) is 9.69 Å². The highest BCUT2D eigenvalue weighted by molar-refractivity contribution is 7.89. The summed E-state index contributed by atoms with van der Waals surface area (Å²) in [5.74, 6) is -0.0223. The van der Waals surface area contributed by atoms with Crippen molar-refractivity contribution in [2.75, 3.05) is 44.8 Å². The standard InChI is InChI=1S/C17H25N3O4S/c1-17(2,20-6-8-24-9-7-20)12-18-25(22,23)14-4-5-15-13(10-14)11-16(21)19(15)3/h4-5,10,18H,6-9,11-12H2,1-3H3. The minimum atomic E-state index is -3.63. The van der Waals surface area contributed by atoms with Crippen molar-refractivity contribution < 1.29 is 17.9 Å². The van der Waals surface area contributed by atoms with E-state index in [1.165, 1.54) is 0 Å². The van der Waals surface area contributed by atoms with E-state index in [4.69, 9.17) is 4.74 Å². The summed E-state index contributed by atoms with van der Waals surface area (Å²) in [7, 11) is -1.93. The van der Waals surface area contributed by atoms with Gasteiger partial charge in [0.1, 0.15) is 0 Å². The first kappa shape index (κ1) is 18.3. The van der Waals surface area contributed by atoms with Crippen LogP contribution in [-0.4, -0.2) is 64.7 Å². The van der Waals surface area contributed by atoms with Crippen molar-refractivity contribution in [3.05, 3.63) is 23.8 Å². The largest absolute Gasteiger partial charge is 0.379 e. The number of nitrogens with one attached hydrogen (secondary N) is 1. The predicted molar refractivity (Wildman–Crippen MR) is 95.2 cm³/mol. The number of carbonyl (C=O) groups is 1. The zero-order valence-electron chi connectivity index (χ0n) is 14.9. The predicted octanol–water partition coefficient (Wildman–Crippen LogP) is 0.595. The zero-order chi connectivity index (χ0) is 18.2. The fourth-order valence-corrected chi connectivity index (χ4v) is 4.50. The van der Waals surface area contributed by atoms with Gasteiger partial charge in [-0.1, -0.05) is 0 Å². The van der Waals surface area contributed by atoms with Crippen molar-refractivity contribution >= 4 is 21.6 Å². The molecule has 1 aromatic carbocycles. The molecule has 3 rings (SSSR count). The molecule has 1 fully saturated rings. The topological polar surface area (TPSA) is 79.0 Å². The lowest BCUT2D eigenvalue weighted by atomic mass is 10.0. The number of hydrogen-bond acceptors (Lipinski definition) is 5. The number of ether oxygens (including phenoxy) is 1. The molecule has 2 aliphatic heterocycles. The van der Waals surface area contributed by atoms with E-state index in [1.807, 2.05) is 13.8 Å². The molecular formula is C17H25N3O4S. The summed E-state index contributed by atoms with van der Waals surface area (Å²) in [5, 5.41) is 0. The third-order valence-corrected chi connectivity index (χ3v) is 6.40. The zero-order valence-corrected chi connectivity index (χ0v) is 15.7. The number of fused-ring (bicyclic) bond motifs is 1. The molecule has 0 spiro atoms. The number of hydrogen-bond donors (Lipinski definition) is 1. The Bertz CT molecular complexity index is 770. The molecule has 2 heterocycles. The van der Waals surface area contributed by atoms with E-state index in [9.17, 15) is 13.2 Å². The lowest BCUT2D eigenvalue weighted by Gasteiger charge is -2.40. The number of likely N-dealkylation sites (N-methyl/N-ethyl adjacent to an activating group) is 1. The van der Waals surface area contributed by atoms with Gasteiger partial charge in [0.05, 0.1) is 24.5 Å². The molecule has 8 heteroatoms. The van der Waals surface area contributed by atoms with Crippen LogP contribution in [0.2, 0.25) is 0 Å². The van der Waals surface area contributed by atoms with Crippen LogP contribution in [0.1, 0.15) is 19.4 Å². The van der Waals surface area contributed by atoms with Crippen molar-refractivity contribution in [1.29, 1.82) is 0 Å². The summed E-state index contributed by atoms with van der Waals surface area (Å²) in [6.45, 7) is 7.29. The summed E-state index contributed by atoms with van der Waals surface area (Å²) in [6, 6.07) is 4.85. The van der Waals surface area contributed by atoms with Crippen LogP contribution in [-0.2, 0) is 26.0 Å². The molecule has 0 aromatic heterocycles. The second-order valence-corrected chi connectivity index (χ2v) is 8.92. The number of amides is 1. The first-order valence-corrected chi connectivity index (χ1v) is 9.91. The average molecular weight is 367 g/mol. The van der Waals surface area contributed by atoms with Crippen LogP contribution in [0.25, 0.3) is 0 Å². The van der Waals surface area contributed by atoms with E-state index in [0.717, 1.165) is 24.3 Å². The number of benzene rings is 1. The van der Waals surface area contributed by atoms with Gasteiger partial charge < -0.3 is 9.64 Å². The number of nitrogens with zero attached hydrogens (tertiary/aromatic N) is 2. The van der Waals surface area contributed by atoms with E-state index in [-0.39, 0.29) is 22.8 Å². The molecule has 0 unspecified atom stereocenters. The van der Waals surface area contributed by atoms with Crippen molar-refractivity contribution in [1.82, 2.24) is 9.62 Å². The Balaban J connectivity index is 1.72. The summed E-state index contributed by atoms with van der Waals surface area (Å²) < 4.78 is 33.4. The minimum Gasteiger partial charge on any atom is -0.379 e. The van der Waals surface area contributed by atoms with Crippen molar-refractivity contribution in [2.24, 2.45) is 0 Å². The van der Waals surface area contributed by atoms with Gasteiger partial charge in [-0.25, -0.2) is 13.1 Å². The van der Waals surface area contributed by atoms with Crippen LogP contribution in [0.5, 0.6) is 0 Å². The Kier molecular flexibility index (Phi) is 4.89. The molecule has 1 amide bonds. The molecule has 7 nitrogen and oxygen atoms in total. The average Bonchev–Trinajstić information content (AvgIpc) is 2.88. The summed E-state index contributed by atoms with van der Waals surface area (Å²) >= 11 is 0. The van der Waals surface area contributed by atoms with E-state index in [0.29, 0.717) is 19.8 Å². The molecule has 0 bridgehead atoms. The Morgan fingerprint density at radius 1 is 1.24 bits per heavy atom. The lowest BCUT2D eigenvalue weighted by molar-refractivity contribution is -0.117. The molecule has 0 saturated carbocycles. The molecule has 0 aliphatic carbocycles. The van der Waals surface area contributed by atoms with Crippen LogP contribution < -0.4 is 9.62 Å². The second kappa shape index (κ2) is 6.68. The van der Waals surface area contributed by atoms with E-state index in [1.54, 1.807) is 30.1 Å². The fourth-order valence-electron chi connectivity index (χ4n) is 3.25. The maximum Gasteiger partial charge on any atom is 0.240 e. The highest BCUT2D eigenvalue weighted by Crippen LogP contribution is 2.29. The third-order valence-electron chi connectivity index (χ3n) is 5.00. The van der Waals surface area contributed by atoms with Gasteiger partial charge in [-0.2, -0.15) is 0 Å². The first-order chi connectivity index (χ1) is 11.7. The fraction of sp³-hybridized carbons (Fsp3) is 0.588. The number of rotatable bonds is 5. The molecule has 0 radical (unpaired) electrons. The Hall–Kier alpha value is -1.48. The second-order valence-electron chi connectivity index (χ2n) is 7.16. The minimum absolute atomic E-state index is 0.0223. The third kappa shape index (κ3) is 3.72. The van der Waals surface area contributed by atoms with Gasteiger partial charge in [0.2, 0.25) is 15.9 Å². The summed E-state index contributed by atoms with van der Waals surface area (Å²) in [5.41, 5.74) is 1.23. The van der Waals surface area contributed by atoms with E-state index < -0.39 is 10.0 Å². The van der Waals surface area contributed by atoms with E-state index >= 15 is 0 Å². The monoisotopic (exact) mass is 367 g/mol. The van der Waals surface area contributed by atoms with Gasteiger partial charge in [0.15, 0.2) is 0 Å². The quantitative estimate of drug-likeness (QED) is 0.824. The van der Waals surface area contributed by atoms with Crippen molar-refractivity contribution in [2.45, 2.75) is 30.7 Å². The van der Waals surface area contributed by atoms with E-state index in [2.05, 4.69) is 9.62 Å². The smallest absolute Gasteiger partial charge is 0.240 e. The molecule has 1 aromatic rings. The highest BCUT2D eigenvalue weighted by Gasteiger charge is 2.31. The number of anilines is 1. The van der Waals surface area contributed by atoms with Gasteiger partial charge >= 0.3 is 0 Å². The molecule has 1 N–H and O–H groups in total. The number of sulfonamides is 1. The van der Waals surface area contributed by atoms with Crippen LogP contribution in [0, 0.1) is 0 Å². The molecule has 1 saturated heterocycles. The SMILES string of the molecule is CN1C(=O)Cc2cc(S(=O)(=O)NCC(C)(C)N3CCOCC3)ccc21. The van der Waals surface area contributed by atoms with Gasteiger partial charge in [-0.15, -0.1) is 0 Å². The Morgan fingerprint density at radius 2 is 1.92 bits per heavy atom. The maximum atomic E-state index is 12.7. The van der Waals surface area contributed by atoms with Gasteiger partial charge in [-0.05, 0) is 37.6 Å². The Morgan fingerprint density at radius 3 is 2.60 bits per heavy atom. The van der Waals surface area contributed by atoms with Crippen LogP contribution in [0.3, 0.4) is 0 Å². The molecule has 0 atom stereocenters. The van der Waals surface area contributed by atoms with Crippen molar-refractivity contribution in [3.8, 4) is 0 Å². The number of morpholine rings is 1.